The Morgan fingerprint density at radius 1 is 1.20 bits per heavy atom. The summed E-state index contributed by atoms with van der Waals surface area (Å²) in [5.74, 6) is -2.33. The van der Waals surface area contributed by atoms with Crippen LogP contribution in [0.2, 0.25) is 0 Å². The molecule has 0 rings (SSSR count). The molecule has 0 aromatic rings. The molecule has 0 radical (unpaired) electrons. The Morgan fingerprint density at radius 3 is 2.00 bits per heavy atom. The molecule has 0 unspecified atom stereocenters. The Hall–Kier alpha value is -1.85. The van der Waals surface area contributed by atoms with Gasteiger partial charge >= 0.3 is 5.97 Å². The number of nitrogens with two attached hydrogens (primary N) is 1. The maximum absolute atomic E-state index is 11.5. The van der Waals surface area contributed by atoms with Gasteiger partial charge in [-0.25, -0.2) is 4.79 Å². The molecule has 0 spiro atoms. The summed E-state index contributed by atoms with van der Waals surface area (Å²) in [5, 5.41) is 8.64. The molecule has 0 aliphatic carbocycles. The Morgan fingerprint density at radius 2 is 1.67 bits per heavy atom. The van der Waals surface area contributed by atoms with Crippen molar-refractivity contribution in [2.75, 3.05) is 13.6 Å². The van der Waals surface area contributed by atoms with Gasteiger partial charge in [0.1, 0.15) is 0 Å². The zero-order valence-corrected chi connectivity index (χ0v) is 8.90. The van der Waals surface area contributed by atoms with E-state index in [0.717, 1.165) is 4.90 Å². The quantitative estimate of drug-likeness (QED) is 0.607. The predicted molar refractivity (Wildman–Crippen MR) is 52.8 cm³/mol. The minimum Gasteiger partial charge on any atom is -0.478 e. The Kier molecular flexibility index (Phi) is 4.50. The van der Waals surface area contributed by atoms with E-state index in [-0.39, 0.29) is 17.7 Å². The molecule has 0 fully saturated rings. The fourth-order valence-corrected chi connectivity index (χ4v) is 0.913. The maximum Gasteiger partial charge on any atom is 0.331 e. The molecule has 0 saturated heterocycles. The summed E-state index contributed by atoms with van der Waals surface area (Å²) in [6.45, 7) is 2.49. The molecule has 0 heterocycles. The van der Waals surface area contributed by atoms with Gasteiger partial charge in [0.05, 0.1) is 6.54 Å². The Balaban J connectivity index is 4.79. The van der Waals surface area contributed by atoms with Crippen molar-refractivity contribution in [1.29, 1.82) is 0 Å². The van der Waals surface area contributed by atoms with Crippen LogP contribution in [0.5, 0.6) is 0 Å². The van der Waals surface area contributed by atoms with Crippen molar-refractivity contribution in [2.24, 2.45) is 5.73 Å². The summed E-state index contributed by atoms with van der Waals surface area (Å²) in [7, 11) is 1.38. The topological polar surface area (TPSA) is 101 Å². The van der Waals surface area contributed by atoms with Crippen molar-refractivity contribution < 1.29 is 19.5 Å². The van der Waals surface area contributed by atoms with Gasteiger partial charge in [0.2, 0.25) is 11.8 Å². The molecular formula is C9H14N2O4. The van der Waals surface area contributed by atoms with E-state index in [9.17, 15) is 14.4 Å². The summed E-state index contributed by atoms with van der Waals surface area (Å²) >= 11 is 0. The first-order valence-electron chi connectivity index (χ1n) is 4.22. The highest BCUT2D eigenvalue weighted by Crippen LogP contribution is 2.06. The maximum atomic E-state index is 11.5. The van der Waals surface area contributed by atoms with Gasteiger partial charge in [-0.1, -0.05) is 0 Å². The van der Waals surface area contributed by atoms with Gasteiger partial charge in [0.25, 0.3) is 0 Å². The van der Waals surface area contributed by atoms with E-state index in [1.54, 1.807) is 0 Å². The van der Waals surface area contributed by atoms with Gasteiger partial charge in [-0.2, -0.15) is 0 Å². The first-order valence-corrected chi connectivity index (χ1v) is 4.22. The Labute approximate surface area is 87.3 Å². The first kappa shape index (κ1) is 13.2. The number of carboxylic acid groups (broad SMARTS) is 1. The number of aliphatic carboxylic acids is 1. The number of carboxylic acids is 1. The number of hydrogen-bond acceptors (Lipinski definition) is 3. The van der Waals surface area contributed by atoms with Crippen LogP contribution in [0.25, 0.3) is 0 Å². The van der Waals surface area contributed by atoms with Crippen molar-refractivity contribution >= 4 is 17.8 Å². The van der Waals surface area contributed by atoms with E-state index in [1.165, 1.54) is 20.9 Å². The van der Waals surface area contributed by atoms with Crippen LogP contribution in [-0.2, 0) is 14.4 Å². The number of nitrogens with zero attached hydrogens (tertiary/aromatic N) is 1. The number of carbonyl (C=O) groups excluding carboxylic acids is 2. The number of carbonyl (C=O) groups is 3. The lowest BCUT2D eigenvalue weighted by Gasteiger charge is -2.15. The monoisotopic (exact) mass is 214 g/mol. The highest BCUT2D eigenvalue weighted by molar-refractivity contribution is 6.02. The van der Waals surface area contributed by atoms with E-state index in [2.05, 4.69) is 0 Å². The van der Waals surface area contributed by atoms with Crippen LogP contribution < -0.4 is 5.73 Å². The molecule has 0 bridgehead atoms. The van der Waals surface area contributed by atoms with Crippen molar-refractivity contribution in [3.63, 3.8) is 0 Å². The number of primary amides is 1. The SMILES string of the molecule is CC(C(=O)O)=C(C)C(=O)N(C)CC(N)=O. The summed E-state index contributed by atoms with van der Waals surface area (Å²) in [6.07, 6.45) is 0. The molecule has 0 aliphatic heterocycles. The zero-order chi connectivity index (χ0) is 12.2. The third kappa shape index (κ3) is 3.80. The van der Waals surface area contributed by atoms with Crippen molar-refractivity contribution in [3.8, 4) is 0 Å². The lowest BCUT2D eigenvalue weighted by atomic mass is 10.1. The van der Waals surface area contributed by atoms with Gasteiger partial charge in [-0.15, -0.1) is 0 Å². The van der Waals surface area contributed by atoms with Crippen LogP contribution in [0.1, 0.15) is 13.8 Å². The van der Waals surface area contributed by atoms with Crippen molar-refractivity contribution in [2.45, 2.75) is 13.8 Å². The standard InChI is InChI=1S/C9H14N2O4/c1-5(6(2)9(14)15)8(13)11(3)4-7(10)12/h4H2,1-3H3,(H2,10,12)(H,14,15). The number of likely N-dealkylation sites (N-methyl/N-ethyl adjacent to an activating group) is 1. The second-order valence-electron chi connectivity index (χ2n) is 3.18. The third-order valence-electron chi connectivity index (χ3n) is 1.94. The largest absolute Gasteiger partial charge is 0.478 e. The molecule has 6 nitrogen and oxygen atoms in total. The van der Waals surface area contributed by atoms with Crippen molar-refractivity contribution in [3.05, 3.63) is 11.1 Å². The number of amides is 2. The van der Waals surface area contributed by atoms with E-state index < -0.39 is 17.8 Å². The predicted octanol–water partition coefficient (Wildman–Crippen LogP) is -0.649. The zero-order valence-electron chi connectivity index (χ0n) is 8.90. The molecule has 3 N–H and O–H groups in total. The molecule has 0 saturated carbocycles. The van der Waals surface area contributed by atoms with Gasteiger partial charge < -0.3 is 15.7 Å². The molecule has 0 aliphatic rings. The summed E-state index contributed by atoms with van der Waals surface area (Å²) < 4.78 is 0. The second kappa shape index (κ2) is 5.14. The molecule has 84 valence electrons. The third-order valence-corrected chi connectivity index (χ3v) is 1.94. The molecule has 0 atom stereocenters. The molecule has 15 heavy (non-hydrogen) atoms. The minimum absolute atomic E-state index is 0.0451. The van der Waals surface area contributed by atoms with Gasteiger partial charge in [-0.3, -0.25) is 9.59 Å². The lowest BCUT2D eigenvalue weighted by Crippen LogP contribution is -2.36. The van der Waals surface area contributed by atoms with E-state index in [4.69, 9.17) is 10.8 Å². The smallest absolute Gasteiger partial charge is 0.331 e. The van der Waals surface area contributed by atoms with Crippen LogP contribution in [0.4, 0.5) is 0 Å². The number of rotatable bonds is 4. The van der Waals surface area contributed by atoms with Crippen LogP contribution in [0.15, 0.2) is 11.1 Å². The lowest BCUT2D eigenvalue weighted by molar-refractivity contribution is -0.134. The van der Waals surface area contributed by atoms with Crippen LogP contribution in [0, 0.1) is 0 Å². The Bertz CT molecular complexity index is 333. The molecule has 2 amide bonds. The van der Waals surface area contributed by atoms with E-state index in [0.29, 0.717) is 0 Å². The van der Waals surface area contributed by atoms with E-state index in [1.807, 2.05) is 0 Å². The highest BCUT2D eigenvalue weighted by Gasteiger charge is 2.17. The van der Waals surface area contributed by atoms with Gasteiger partial charge in [0.15, 0.2) is 0 Å². The molecular weight excluding hydrogens is 200 g/mol. The normalized spacial score (nSPS) is 11.7. The fraction of sp³-hybridized carbons (Fsp3) is 0.444. The van der Waals surface area contributed by atoms with E-state index >= 15 is 0 Å². The highest BCUT2D eigenvalue weighted by atomic mass is 16.4. The average Bonchev–Trinajstić information content (AvgIpc) is 2.13. The minimum atomic E-state index is -1.16. The van der Waals surface area contributed by atoms with Crippen molar-refractivity contribution in [1.82, 2.24) is 4.90 Å². The van der Waals surface area contributed by atoms with Crippen LogP contribution in [-0.4, -0.2) is 41.4 Å². The molecule has 6 heteroatoms. The van der Waals surface area contributed by atoms with Gasteiger partial charge in [-0.05, 0) is 13.8 Å². The second-order valence-corrected chi connectivity index (χ2v) is 3.18. The molecule has 0 aromatic heterocycles. The summed E-state index contributed by atoms with van der Waals surface area (Å²) in [5.41, 5.74) is 4.95. The summed E-state index contributed by atoms with van der Waals surface area (Å²) in [4.78, 5) is 33.7. The van der Waals surface area contributed by atoms with Crippen LogP contribution in [0.3, 0.4) is 0 Å². The van der Waals surface area contributed by atoms with Gasteiger partial charge in [0, 0.05) is 18.2 Å². The average molecular weight is 214 g/mol. The summed E-state index contributed by atoms with van der Waals surface area (Å²) in [6, 6.07) is 0. The van der Waals surface area contributed by atoms with Crippen LogP contribution >= 0.6 is 0 Å². The fourth-order valence-electron chi connectivity index (χ4n) is 0.913. The first-order chi connectivity index (χ1) is 6.77. The molecule has 0 aromatic carbocycles. The number of hydrogen-bond donors (Lipinski definition) is 2.